The minimum absolute atomic E-state index is 0.170. The van der Waals surface area contributed by atoms with Crippen molar-refractivity contribution in [2.45, 2.75) is 0 Å². The van der Waals surface area contributed by atoms with Crippen molar-refractivity contribution in [3.8, 4) is 39.9 Å². The number of aromatic hydroxyl groups is 1. The molecule has 0 radical (unpaired) electrons. The first-order valence-corrected chi connectivity index (χ1v) is 12.2. The maximum absolute atomic E-state index is 11.8. The van der Waals surface area contributed by atoms with Gasteiger partial charge in [0, 0.05) is 16.5 Å². The number of phenolic OH excluding ortho intramolecular Hbond substituents is 1. The zero-order valence-corrected chi connectivity index (χ0v) is 19.8. The number of fused-ring (bicyclic) bond motifs is 6. The summed E-state index contributed by atoms with van der Waals surface area (Å²) in [6.45, 7) is 0. The highest BCUT2D eigenvalue weighted by Crippen LogP contribution is 2.43. The van der Waals surface area contributed by atoms with Gasteiger partial charge in [0.05, 0.1) is 5.56 Å². The topological polar surface area (TPSA) is 58.9 Å². The van der Waals surface area contributed by atoms with E-state index in [1.54, 1.807) is 0 Å². The Labute approximate surface area is 213 Å². The summed E-state index contributed by atoms with van der Waals surface area (Å²) in [4.78, 5) is 14.4. The van der Waals surface area contributed by atoms with E-state index in [0.717, 1.165) is 43.4 Å². The van der Waals surface area contributed by atoms with Crippen molar-refractivity contribution in [3.05, 3.63) is 121 Å². The molecule has 1 N–H and O–H groups in total. The molecule has 0 amide bonds. The molecule has 0 unspecified atom stereocenters. The molecule has 0 fully saturated rings. The van der Waals surface area contributed by atoms with Crippen molar-refractivity contribution in [3.63, 3.8) is 0 Å². The Bertz CT molecular complexity index is 1840. The average molecular weight is 476 g/mol. The summed E-state index contributed by atoms with van der Waals surface area (Å²) in [5.41, 5.74) is 2.35. The monoisotopic (exact) mass is 475 g/mol. The Balaban J connectivity index is 1.54. The second kappa shape index (κ2) is 8.54. The van der Waals surface area contributed by atoms with Crippen LogP contribution >= 0.6 is 0 Å². The maximum atomic E-state index is 11.8. The summed E-state index contributed by atoms with van der Waals surface area (Å²) in [5.74, 6) is 1.73. The van der Waals surface area contributed by atoms with Gasteiger partial charge in [-0.3, -0.25) is 0 Å². The van der Waals surface area contributed by atoms with E-state index in [2.05, 4.69) is 36.4 Å². The van der Waals surface area contributed by atoms with E-state index in [0.29, 0.717) is 23.0 Å². The van der Waals surface area contributed by atoms with Crippen LogP contribution in [0.4, 0.5) is 0 Å². The van der Waals surface area contributed by atoms with E-state index in [4.69, 9.17) is 15.0 Å². The van der Waals surface area contributed by atoms with Gasteiger partial charge in [0.25, 0.3) is 0 Å². The fourth-order valence-electron chi connectivity index (χ4n) is 5.09. The molecule has 7 aromatic rings. The highest BCUT2D eigenvalue weighted by Gasteiger charge is 2.19. The summed E-state index contributed by atoms with van der Waals surface area (Å²) in [6.07, 6.45) is 0. The summed E-state index contributed by atoms with van der Waals surface area (Å²) in [5, 5.41) is 17.9. The third kappa shape index (κ3) is 3.50. The van der Waals surface area contributed by atoms with E-state index in [9.17, 15) is 5.11 Å². The van der Waals surface area contributed by atoms with Gasteiger partial charge in [-0.2, -0.15) is 0 Å². The third-order valence-corrected chi connectivity index (χ3v) is 6.82. The summed E-state index contributed by atoms with van der Waals surface area (Å²) < 4.78 is 0. The van der Waals surface area contributed by atoms with Gasteiger partial charge < -0.3 is 5.11 Å². The van der Waals surface area contributed by atoms with Crippen LogP contribution in [-0.4, -0.2) is 20.1 Å². The predicted octanol–water partition coefficient (Wildman–Crippen LogP) is 8.04. The van der Waals surface area contributed by atoms with Crippen LogP contribution in [0.3, 0.4) is 0 Å². The zero-order chi connectivity index (χ0) is 24.8. The third-order valence-electron chi connectivity index (χ3n) is 6.82. The molecule has 7 rings (SSSR count). The molecule has 0 spiro atoms. The van der Waals surface area contributed by atoms with Crippen molar-refractivity contribution in [1.29, 1.82) is 0 Å². The molecule has 1 aromatic heterocycles. The lowest BCUT2D eigenvalue weighted by molar-refractivity contribution is 0.483. The zero-order valence-electron chi connectivity index (χ0n) is 19.8. The van der Waals surface area contributed by atoms with Crippen LogP contribution in [0.25, 0.3) is 66.5 Å². The maximum Gasteiger partial charge on any atom is 0.167 e. The van der Waals surface area contributed by atoms with Crippen molar-refractivity contribution in [1.82, 2.24) is 15.0 Å². The van der Waals surface area contributed by atoms with Crippen LogP contribution in [0, 0.1) is 0 Å². The van der Waals surface area contributed by atoms with Crippen molar-refractivity contribution < 1.29 is 5.11 Å². The molecule has 4 heteroatoms. The molecular weight excluding hydrogens is 454 g/mol. The normalized spacial score (nSPS) is 11.4. The first kappa shape index (κ1) is 21.2. The van der Waals surface area contributed by atoms with Crippen molar-refractivity contribution >= 4 is 32.3 Å². The Kier molecular flexibility index (Phi) is 4.90. The lowest BCUT2D eigenvalue weighted by Gasteiger charge is -2.14. The molecule has 0 bridgehead atoms. The molecule has 0 aliphatic rings. The number of phenols is 1. The Morgan fingerprint density at radius 2 is 0.784 bits per heavy atom. The fraction of sp³-hybridized carbons (Fsp3) is 0. The Morgan fingerprint density at radius 3 is 1.32 bits per heavy atom. The van der Waals surface area contributed by atoms with E-state index >= 15 is 0 Å². The average Bonchev–Trinajstić information content (AvgIpc) is 2.98. The molecular formula is C33H21N3O. The van der Waals surface area contributed by atoms with Gasteiger partial charge in [-0.15, -0.1) is 0 Å². The minimum atomic E-state index is 0.170. The van der Waals surface area contributed by atoms with Crippen molar-refractivity contribution in [2.75, 3.05) is 0 Å². The molecule has 0 saturated heterocycles. The second-order valence-electron chi connectivity index (χ2n) is 9.01. The standard InChI is InChI=1S/C33H21N3O/c37-30-28(20-19-27-25-17-8-7-15-23(25)24-16-9-10-18-26(24)29(27)30)33-35-31(21-11-3-1-4-12-21)34-32(36-33)22-13-5-2-6-14-22/h1-20,37H. The Hall–Kier alpha value is -5.09. The van der Waals surface area contributed by atoms with Gasteiger partial charge >= 0.3 is 0 Å². The highest BCUT2D eigenvalue weighted by molar-refractivity contribution is 6.27. The van der Waals surface area contributed by atoms with E-state index in [-0.39, 0.29) is 5.75 Å². The number of nitrogens with zero attached hydrogens (tertiary/aromatic N) is 3. The van der Waals surface area contributed by atoms with Crippen LogP contribution in [0.2, 0.25) is 0 Å². The molecule has 0 aliphatic carbocycles. The smallest absolute Gasteiger partial charge is 0.167 e. The number of rotatable bonds is 3. The SMILES string of the molecule is Oc1c(-c2nc(-c3ccccc3)nc(-c3ccccc3)n2)ccc2c3ccccc3c3ccccc3c12. The second-order valence-corrected chi connectivity index (χ2v) is 9.01. The molecule has 0 aliphatic heterocycles. The molecule has 0 atom stereocenters. The summed E-state index contributed by atoms with van der Waals surface area (Å²) in [7, 11) is 0. The molecule has 4 nitrogen and oxygen atoms in total. The quantitative estimate of drug-likeness (QED) is 0.263. The van der Waals surface area contributed by atoms with Gasteiger partial charge in [-0.05, 0) is 33.0 Å². The van der Waals surface area contributed by atoms with Crippen LogP contribution in [-0.2, 0) is 0 Å². The van der Waals surface area contributed by atoms with Crippen LogP contribution in [0.15, 0.2) is 121 Å². The molecule has 0 saturated carbocycles. The van der Waals surface area contributed by atoms with Crippen LogP contribution in [0.5, 0.6) is 5.75 Å². The fourth-order valence-corrected chi connectivity index (χ4v) is 5.09. The van der Waals surface area contributed by atoms with Gasteiger partial charge in [0.1, 0.15) is 5.75 Å². The number of hydrogen-bond donors (Lipinski definition) is 1. The summed E-state index contributed by atoms with van der Waals surface area (Å²) in [6, 6.07) is 40.2. The van der Waals surface area contributed by atoms with Gasteiger partial charge in [0.15, 0.2) is 17.5 Å². The molecule has 37 heavy (non-hydrogen) atoms. The van der Waals surface area contributed by atoms with Crippen LogP contribution in [0.1, 0.15) is 0 Å². The van der Waals surface area contributed by atoms with E-state index in [1.165, 1.54) is 0 Å². The van der Waals surface area contributed by atoms with Gasteiger partial charge in [-0.25, -0.2) is 15.0 Å². The van der Waals surface area contributed by atoms with Gasteiger partial charge in [-0.1, -0.05) is 115 Å². The minimum Gasteiger partial charge on any atom is -0.507 e. The van der Waals surface area contributed by atoms with Crippen LogP contribution < -0.4 is 0 Å². The number of hydrogen-bond acceptors (Lipinski definition) is 4. The molecule has 1 heterocycles. The number of aromatic nitrogens is 3. The predicted molar refractivity (Wildman–Crippen MR) is 150 cm³/mol. The lowest BCUT2D eigenvalue weighted by atomic mass is 9.92. The summed E-state index contributed by atoms with van der Waals surface area (Å²) >= 11 is 0. The first-order chi connectivity index (χ1) is 18.3. The van der Waals surface area contributed by atoms with E-state index in [1.807, 2.05) is 84.9 Å². The molecule has 6 aromatic carbocycles. The van der Waals surface area contributed by atoms with Gasteiger partial charge in [0.2, 0.25) is 0 Å². The highest BCUT2D eigenvalue weighted by atomic mass is 16.3. The first-order valence-electron chi connectivity index (χ1n) is 12.2. The Morgan fingerprint density at radius 1 is 0.378 bits per heavy atom. The van der Waals surface area contributed by atoms with E-state index < -0.39 is 0 Å². The van der Waals surface area contributed by atoms with Crippen molar-refractivity contribution in [2.24, 2.45) is 0 Å². The number of benzene rings is 6. The molecule has 174 valence electrons. The largest absolute Gasteiger partial charge is 0.507 e. The lowest BCUT2D eigenvalue weighted by Crippen LogP contribution is -2.00.